The van der Waals surface area contributed by atoms with Gasteiger partial charge in [0.2, 0.25) is 10.0 Å². The average Bonchev–Trinajstić information content (AvgIpc) is 2.62. The molecule has 1 aromatic heterocycles. The fourth-order valence-corrected chi connectivity index (χ4v) is 4.62. The number of piperazine rings is 1. The van der Waals surface area contributed by atoms with Crippen LogP contribution in [-0.4, -0.2) is 43.9 Å². The summed E-state index contributed by atoms with van der Waals surface area (Å²) in [6.07, 6.45) is 1.65. The monoisotopic (exact) mass is 406 g/mol. The Kier molecular flexibility index (Phi) is 4.85. The van der Waals surface area contributed by atoms with Gasteiger partial charge in [0.05, 0.1) is 16.8 Å². The molecule has 1 aliphatic heterocycles. The van der Waals surface area contributed by atoms with E-state index in [4.69, 9.17) is 5.26 Å². The van der Waals surface area contributed by atoms with Crippen LogP contribution in [0.2, 0.25) is 0 Å². The first kappa shape index (κ1) is 16.9. The summed E-state index contributed by atoms with van der Waals surface area (Å²) in [4.78, 5) is 6.42. The first-order chi connectivity index (χ1) is 11.5. The highest BCUT2D eigenvalue weighted by molar-refractivity contribution is 9.10. The Morgan fingerprint density at radius 3 is 2.46 bits per heavy atom. The van der Waals surface area contributed by atoms with Crippen molar-refractivity contribution < 1.29 is 8.42 Å². The zero-order valence-electron chi connectivity index (χ0n) is 12.8. The van der Waals surface area contributed by atoms with E-state index in [1.807, 2.05) is 12.1 Å². The van der Waals surface area contributed by atoms with Crippen LogP contribution in [0.15, 0.2) is 52.0 Å². The molecule has 0 saturated carbocycles. The maximum Gasteiger partial charge on any atom is 0.243 e. The largest absolute Gasteiger partial charge is 0.368 e. The summed E-state index contributed by atoms with van der Waals surface area (Å²) in [5.74, 6) is 0. The highest BCUT2D eigenvalue weighted by Gasteiger charge is 2.28. The molecule has 0 radical (unpaired) electrons. The van der Waals surface area contributed by atoms with Crippen LogP contribution in [0.25, 0.3) is 0 Å². The lowest BCUT2D eigenvalue weighted by Gasteiger charge is -2.35. The zero-order valence-corrected chi connectivity index (χ0v) is 15.2. The van der Waals surface area contributed by atoms with Gasteiger partial charge in [-0.1, -0.05) is 22.0 Å². The van der Waals surface area contributed by atoms with Gasteiger partial charge < -0.3 is 4.90 Å². The van der Waals surface area contributed by atoms with Crippen LogP contribution in [-0.2, 0) is 10.0 Å². The third-order valence-corrected chi connectivity index (χ3v) is 6.29. The lowest BCUT2D eigenvalue weighted by atomic mass is 10.3. The van der Waals surface area contributed by atoms with Crippen molar-refractivity contribution in [3.8, 4) is 6.07 Å². The topological polar surface area (TPSA) is 77.3 Å². The average molecular weight is 407 g/mol. The normalized spacial score (nSPS) is 15.9. The summed E-state index contributed by atoms with van der Waals surface area (Å²) < 4.78 is 27.7. The molecule has 1 fully saturated rings. The minimum absolute atomic E-state index is 0.297. The molecule has 0 N–H and O–H groups in total. The van der Waals surface area contributed by atoms with Gasteiger partial charge in [-0.15, -0.1) is 0 Å². The van der Waals surface area contributed by atoms with Crippen LogP contribution in [0.3, 0.4) is 0 Å². The summed E-state index contributed by atoms with van der Waals surface area (Å²) in [5.41, 5.74) is 1.27. The number of rotatable bonds is 3. The van der Waals surface area contributed by atoms with Crippen molar-refractivity contribution in [3.63, 3.8) is 0 Å². The third-order valence-electron chi connectivity index (χ3n) is 3.90. The van der Waals surface area contributed by atoms with E-state index in [-0.39, 0.29) is 0 Å². The standard InChI is InChI=1S/C16H15BrN4O2S/c17-13-2-1-3-16(10-13)24(22,23)21-8-6-20(7-9-21)15-5-4-14(11-18)19-12-15/h1-5,10,12H,6-9H2. The van der Waals surface area contributed by atoms with Crippen molar-refractivity contribution >= 4 is 31.6 Å². The molecule has 0 amide bonds. The van der Waals surface area contributed by atoms with E-state index in [2.05, 4.69) is 25.8 Å². The van der Waals surface area contributed by atoms with Crippen molar-refractivity contribution in [3.05, 3.63) is 52.8 Å². The summed E-state index contributed by atoms with van der Waals surface area (Å²) in [6, 6.07) is 12.2. The number of pyridine rings is 1. The van der Waals surface area contributed by atoms with Crippen LogP contribution >= 0.6 is 15.9 Å². The van der Waals surface area contributed by atoms with Gasteiger partial charge in [-0.25, -0.2) is 13.4 Å². The third kappa shape index (κ3) is 3.43. The number of nitriles is 1. The van der Waals surface area contributed by atoms with Crippen LogP contribution < -0.4 is 4.90 Å². The van der Waals surface area contributed by atoms with Crippen molar-refractivity contribution in [2.45, 2.75) is 4.90 Å². The number of sulfonamides is 1. The SMILES string of the molecule is N#Cc1ccc(N2CCN(S(=O)(=O)c3cccc(Br)c3)CC2)cn1. The number of benzene rings is 1. The van der Waals surface area contributed by atoms with Gasteiger partial charge in [0.15, 0.2) is 0 Å². The van der Waals surface area contributed by atoms with E-state index in [1.54, 1.807) is 36.5 Å². The highest BCUT2D eigenvalue weighted by atomic mass is 79.9. The minimum Gasteiger partial charge on any atom is -0.368 e. The number of aromatic nitrogens is 1. The minimum atomic E-state index is -3.48. The Labute approximate surface area is 149 Å². The first-order valence-electron chi connectivity index (χ1n) is 7.37. The van der Waals surface area contributed by atoms with Crippen molar-refractivity contribution in [2.24, 2.45) is 0 Å². The second-order valence-electron chi connectivity index (χ2n) is 5.36. The Bertz CT molecular complexity index is 870. The predicted molar refractivity (Wildman–Crippen MR) is 94.1 cm³/mol. The number of hydrogen-bond donors (Lipinski definition) is 0. The van der Waals surface area contributed by atoms with Gasteiger partial charge in [0.25, 0.3) is 0 Å². The van der Waals surface area contributed by atoms with E-state index < -0.39 is 10.0 Å². The van der Waals surface area contributed by atoms with Crippen LogP contribution in [0.4, 0.5) is 5.69 Å². The fraction of sp³-hybridized carbons (Fsp3) is 0.250. The molecule has 1 aromatic carbocycles. The lowest BCUT2D eigenvalue weighted by Crippen LogP contribution is -2.48. The maximum absolute atomic E-state index is 12.7. The molecule has 0 atom stereocenters. The van der Waals surface area contributed by atoms with Gasteiger partial charge in [-0.05, 0) is 30.3 Å². The second kappa shape index (κ2) is 6.89. The molecule has 0 aliphatic carbocycles. The van der Waals surface area contributed by atoms with Gasteiger partial charge in [-0.2, -0.15) is 9.57 Å². The molecule has 0 spiro atoms. The van der Waals surface area contributed by atoms with Gasteiger partial charge in [0, 0.05) is 30.7 Å². The molecular weight excluding hydrogens is 392 g/mol. The number of nitrogens with zero attached hydrogens (tertiary/aromatic N) is 4. The summed E-state index contributed by atoms with van der Waals surface area (Å²) >= 11 is 3.31. The van der Waals surface area contributed by atoms with Crippen LogP contribution in [0.1, 0.15) is 5.69 Å². The zero-order chi connectivity index (χ0) is 17.2. The molecule has 1 saturated heterocycles. The Balaban J connectivity index is 1.71. The van der Waals surface area contributed by atoms with E-state index in [9.17, 15) is 8.42 Å². The van der Waals surface area contributed by atoms with E-state index in [0.29, 0.717) is 36.8 Å². The number of halogens is 1. The van der Waals surface area contributed by atoms with Crippen molar-refractivity contribution in [1.29, 1.82) is 5.26 Å². The van der Waals surface area contributed by atoms with Gasteiger partial charge in [-0.3, -0.25) is 0 Å². The smallest absolute Gasteiger partial charge is 0.243 e. The molecule has 2 aromatic rings. The van der Waals surface area contributed by atoms with E-state index >= 15 is 0 Å². The lowest BCUT2D eigenvalue weighted by molar-refractivity contribution is 0.385. The molecule has 0 bridgehead atoms. The van der Waals surface area contributed by atoms with E-state index in [0.717, 1.165) is 10.2 Å². The summed E-state index contributed by atoms with van der Waals surface area (Å²) in [7, 11) is -3.48. The van der Waals surface area contributed by atoms with Gasteiger partial charge in [0.1, 0.15) is 11.8 Å². The maximum atomic E-state index is 12.7. The molecule has 24 heavy (non-hydrogen) atoms. The predicted octanol–water partition coefficient (Wildman–Crippen LogP) is 2.23. The Morgan fingerprint density at radius 1 is 1.12 bits per heavy atom. The van der Waals surface area contributed by atoms with Crippen LogP contribution in [0.5, 0.6) is 0 Å². The quantitative estimate of drug-likeness (QED) is 0.780. The molecule has 1 aliphatic rings. The molecule has 6 nitrogen and oxygen atoms in total. The van der Waals surface area contributed by atoms with E-state index in [1.165, 1.54) is 4.31 Å². The molecule has 2 heterocycles. The molecule has 3 rings (SSSR count). The number of anilines is 1. The molecule has 124 valence electrons. The summed E-state index contributed by atoms with van der Waals surface area (Å²) in [6.45, 7) is 1.99. The molecular formula is C16H15BrN4O2S. The molecule has 0 unspecified atom stereocenters. The van der Waals surface area contributed by atoms with Crippen LogP contribution in [0, 0.1) is 11.3 Å². The summed E-state index contributed by atoms with van der Waals surface area (Å²) in [5, 5.41) is 8.79. The second-order valence-corrected chi connectivity index (χ2v) is 8.22. The number of hydrogen-bond acceptors (Lipinski definition) is 5. The Morgan fingerprint density at radius 2 is 1.88 bits per heavy atom. The fourth-order valence-electron chi connectivity index (χ4n) is 2.60. The van der Waals surface area contributed by atoms with Crippen molar-refractivity contribution in [2.75, 3.05) is 31.1 Å². The highest BCUT2D eigenvalue weighted by Crippen LogP contribution is 2.23. The van der Waals surface area contributed by atoms with Gasteiger partial charge >= 0.3 is 0 Å². The van der Waals surface area contributed by atoms with Crippen molar-refractivity contribution in [1.82, 2.24) is 9.29 Å². The first-order valence-corrected chi connectivity index (χ1v) is 9.61. The Hall–Kier alpha value is -1.95. The molecule has 8 heteroatoms.